The summed E-state index contributed by atoms with van der Waals surface area (Å²) in [6.07, 6.45) is 0.667. The number of nitrogens with zero attached hydrogens (tertiary/aromatic N) is 1. The van der Waals surface area contributed by atoms with Crippen molar-refractivity contribution in [3.63, 3.8) is 0 Å². The lowest BCUT2D eigenvalue weighted by atomic mass is 10.1. The number of nitrogens with one attached hydrogen (secondary N) is 1. The van der Waals surface area contributed by atoms with Crippen molar-refractivity contribution in [3.05, 3.63) is 53.7 Å². The molecule has 0 unspecified atom stereocenters. The molecule has 1 amide bonds. The van der Waals surface area contributed by atoms with Gasteiger partial charge >= 0.3 is 0 Å². The third kappa shape index (κ3) is 5.99. The first-order valence-corrected chi connectivity index (χ1v) is 11.2. The Labute approximate surface area is 197 Å². The fraction of sp³-hybridized carbons (Fsp3) is 0.360. The number of rotatable bonds is 12. The Morgan fingerprint density at radius 2 is 1.82 bits per heavy atom. The maximum Gasteiger partial charge on any atom is 0.246 e. The molecule has 1 aliphatic heterocycles. The van der Waals surface area contributed by atoms with Crippen LogP contribution >= 0.6 is 0 Å². The van der Waals surface area contributed by atoms with Gasteiger partial charge < -0.3 is 33.5 Å². The van der Waals surface area contributed by atoms with E-state index in [2.05, 4.69) is 10.5 Å². The summed E-state index contributed by atoms with van der Waals surface area (Å²) in [5.41, 5.74) is 2.47. The van der Waals surface area contributed by atoms with Crippen LogP contribution in [0.2, 0.25) is 0 Å². The highest BCUT2D eigenvalue weighted by molar-refractivity contribution is 5.77. The van der Waals surface area contributed by atoms with Gasteiger partial charge in [-0.1, -0.05) is 11.2 Å². The van der Waals surface area contributed by atoms with Gasteiger partial charge in [-0.05, 0) is 56.2 Å². The zero-order chi connectivity index (χ0) is 23.8. The highest BCUT2D eigenvalue weighted by Gasteiger charge is 2.16. The molecular weight excluding hydrogens is 440 g/mol. The smallest absolute Gasteiger partial charge is 0.246 e. The standard InChI is InChI=1S/C25H28N2O7/c1-3-30-20-7-5-17(11-23(20)31-4-2)9-10-26-25(28)15-29-14-19-13-22(34-27-19)18-6-8-21-24(12-18)33-16-32-21/h5-8,11-13H,3-4,9-10,14-16H2,1-2H3,(H,26,28). The van der Waals surface area contributed by atoms with E-state index >= 15 is 0 Å². The molecule has 1 aromatic heterocycles. The van der Waals surface area contributed by atoms with Crippen molar-refractivity contribution < 1.29 is 33.0 Å². The summed E-state index contributed by atoms with van der Waals surface area (Å²) in [4.78, 5) is 12.1. The van der Waals surface area contributed by atoms with Gasteiger partial charge in [0.25, 0.3) is 0 Å². The maximum atomic E-state index is 12.1. The third-order valence-electron chi connectivity index (χ3n) is 5.04. The number of aromatic nitrogens is 1. The largest absolute Gasteiger partial charge is 0.490 e. The van der Waals surface area contributed by atoms with Crippen molar-refractivity contribution in [2.45, 2.75) is 26.9 Å². The molecule has 9 nitrogen and oxygen atoms in total. The molecule has 34 heavy (non-hydrogen) atoms. The van der Waals surface area contributed by atoms with Gasteiger partial charge in [-0.15, -0.1) is 0 Å². The summed E-state index contributed by atoms with van der Waals surface area (Å²) < 4.78 is 32.8. The SMILES string of the molecule is CCOc1ccc(CCNC(=O)COCc2cc(-c3ccc4c(c3)OCO4)on2)cc1OCC. The molecule has 0 saturated carbocycles. The highest BCUT2D eigenvalue weighted by Crippen LogP contribution is 2.36. The van der Waals surface area contributed by atoms with E-state index in [1.807, 2.05) is 50.2 Å². The summed E-state index contributed by atoms with van der Waals surface area (Å²) in [6, 6.07) is 13.1. The molecular formula is C25H28N2O7. The fourth-order valence-electron chi connectivity index (χ4n) is 3.46. The van der Waals surface area contributed by atoms with Crippen molar-refractivity contribution >= 4 is 5.91 Å². The fourth-order valence-corrected chi connectivity index (χ4v) is 3.46. The van der Waals surface area contributed by atoms with Gasteiger partial charge in [0, 0.05) is 18.2 Å². The number of benzene rings is 2. The number of fused-ring (bicyclic) bond motifs is 1. The van der Waals surface area contributed by atoms with Crippen molar-refractivity contribution in [2.75, 3.05) is 33.2 Å². The second kappa shape index (κ2) is 11.4. The first-order valence-electron chi connectivity index (χ1n) is 11.2. The van der Waals surface area contributed by atoms with E-state index in [1.165, 1.54) is 0 Å². The minimum absolute atomic E-state index is 0.0698. The van der Waals surface area contributed by atoms with E-state index in [-0.39, 0.29) is 25.9 Å². The lowest BCUT2D eigenvalue weighted by molar-refractivity contribution is -0.126. The molecule has 0 bridgehead atoms. The Hall–Kier alpha value is -3.72. The van der Waals surface area contributed by atoms with Gasteiger partial charge in [-0.25, -0.2) is 0 Å². The first kappa shape index (κ1) is 23.4. The third-order valence-corrected chi connectivity index (χ3v) is 5.04. The molecule has 0 fully saturated rings. The molecule has 180 valence electrons. The highest BCUT2D eigenvalue weighted by atomic mass is 16.7. The van der Waals surface area contributed by atoms with Crippen molar-refractivity contribution in [1.82, 2.24) is 10.5 Å². The van der Waals surface area contributed by atoms with Crippen LogP contribution in [0.25, 0.3) is 11.3 Å². The molecule has 0 spiro atoms. The summed E-state index contributed by atoms with van der Waals surface area (Å²) in [5.74, 6) is 3.20. The molecule has 1 aliphatic rings. The van der Waals surface area contributed by atoms with Crippen LogP contribution < -0.4 is 24.3 Å². The molecule has 9 heteroatoms. The molecule has 2 aromatic carbocycles. The van der Waals surface area contributed by atoms with Crippen LogP contribution in [0.15, 0.2) is 47.0 Å². The molecule has 0 aliphatic carbocycles. The van der Waals surface area contributed by atoms with Crippen molar-refractivity contribution in [1.29, 1.82) is 0 Å². The van der Waals surface area contributed by atoms with Crippen LogP contribution in [0.5, 0.6) is 23.0 Å². The van der Waals surface area contributed by atoms with Gasteiger partial charge in [-0.2, -0.15) is 0 Å². The normalized spacial score (nSPS) is 11.9. The molecule has 0 atom stereocenters. The van der Waals surface area contributed by atoms with Crippen molar-refractivity contribution in [2.24, 2.45) is 0 Å². The number of hydrogen-bond donors (Lipinski definition) is 1. The van der Waals surface area contributed by atoms with Gasteiger partial charge in [0.1, 0.15) is 12.3 Å². The average molecular weight is 469 g/mol. The van der Waals surface area contributed by atoms with Gasteiger partial charge in [-0.3, -0.25) is 4.79 Å². The molecule has 0 radical (unpaired) electrons. The summed E-state index contributed by atoms with van der Waals surface area (Å²) in [7, 11) is 0. The zero-order valence-corrected chi connectivity index (χ0v) is 19.3. The van der Waals surface area contributed by atoms with Crippen LogP contribution in [0.1, 0.15) is 25.1 Å². The summed E-state index contributed by atoms with van der Waals surface area (Å²) in [6.45, 7) is 5.79. The number of carbonyl (C=O) groups is 1. The second-order valence-corrected chi connectivity index (χ2v) is 7.49. The Morgan fingerprint density at radius 1 is 1.00 bits per heavy atom. The van der Waals surface area contributed by atoms with Gasteiger partial charge in [0.15, 0.2) is 28.8 Å². The first-order chi connectivity index (χ1) is 16.7. The van der Waals surface area contributed by atoms with E-state index in [0.29, 0.717) is 54.9 Å². The molecule has 3 aromatic rings. The predicted octanol–water partition coefficient (Wildman–Crippen LogP) is 3.74. The van der Waals surface area contributed by atoms with Crippen LogP contribution in [0, 0.1) is 0 Å². The minimum Gasteiger partial charge on any atom is -0.490 e. The zero-order valence-electron chi connectivity index (χ0n) is 19.3. The van der Waals surface area contributed by atoms with Crippen LogP contribution in [0.3, 0.4) is 0 Å². The molecule has 1 N–H and O–H groups in total. The summed E-state index contributed by atoms with van der Waals surface area (Å²) >= 11 is 0. The number of amides is 1. The van der Waals surface area contributed by atoms with E-state index < -0.39 is 0 Å². The monoisotopic (exact) mass is 468 g/mol. The van der Waals surface area contributed by atoms with E-state index in [1.54, 1.807) is 6.07 Å². The Morgan fingerprint density at radius 3 is 2.68 bits per heavy atom. The van der Waals surface area contributed by atoms with E-state index in [0.717, 1.165) is 16.9 Å². The Bertz CT molecular complexity index is 1110. The van der Waals surface area contributed by atoms with Gasteiger partial charge in [0.2, 0.25) is 12.7 Å². The number of carbonyl (C=O) groups excluding carboxylic acids is 1. The van der Waals surface area contributed by atoms with E-state index in [9.17, 15) is 4.79 Å². The quantitative estimate of drug-likeness (QED) is 0.429. The molecule has 2 heterocycles. The van der Waals surface area contributed by atoms with Crippen molar-refractivity contribution in [3.8, 4) is 34.3 Å². The Balaban J connectivity index is 1.19. The predicted molar refractivity (Wildman–Crippen MR) is 123 cm³/mol. The van der Waals surface area contributed by atoms with Crippen LogP contribution in [0.4, 0.5) is 0 Å². The lowest BCUT2D eigenvalue weighted by Gasteiger charge is -2.12. The lowest BCUT2D eigenvalue weighted by Crippen LogP contribution is -2.29. The Kier molecular flexibility index (Phi) is 7.87. The number of ether oxygens (including phenoxy) is 5. The second-order valence-electron chi connectivity index (χ2n) is 7.49. The maximum absolute atomic E-state index is 12.1. The van der Waals surface area contributed by atoms with Crippen LogP contribution in [-0.4, -0.2) is 44.2 Å². The number of hydrogen-bond acceptors (Lipinski definition) is 8. The van der Waals surface area contributed by atoms with E-state index in [4.69, 9.17) is 28.2 Å². The molecule has 4 rings (SSSR count). The van der Waals surface area contributed by atoms with Crippen LogP contribution in [-0.2, 0) is 22.6 Å². The topological polar surface area (TPSA) is 101 Å². The summed E-state index contributed by atoms with van der Waals surface area (Å²) in [5, 5.41) is 6.86. The minimum atomic E-state index is -0.199. The molecule has 0 saturated heterocycles. The van der Waals surface area contributed by atoms with Gasteiger partial charge in [0.05, 0.1) is 19.8 Å². The average Bonchev–Trinajstić information content (AvgIpc) is 3.50.